The fourth-order valence-electron chi connectivity index (χ4n) is 2.06. The highest BCUT2D eigenvalue weighted by atomic mass is 32.1. The van der Waals surface area contributed by atoms with Crippen LogP contribution in [0.4, 0.5) is 0 Å². The molecule has 0 saturated heterocycles. The van der Waals surface area contributed by atoms with Gasteiger partial charge in [0.1, 0.15) is 9.71 Å². The van der Waals surface area contributed by atoms with Gasteiger partial charge in [-0.15, -0.1) is 11.3 Å². The van der Waals surface area contributed by atoms with E-state index in [-0.39, 0.29) is 5.97 Å². The maximum absolute atomic E-state index is 11.9. The van der Waals surface area contributed by atoms with E-state index in [4.69, 9.17) is 4.74 Å². The number of hydrogen-bond donors (Lipinski definition) is 0. The summed E-state index contributed by atoms with van der Waals surface area (Å²) in [5, 5.41) is 0.985. The van der Waals surface area contributed by atoms with Gasteiger partial charge in [0.25, 0.3) is 0 Å². The minimum atomic E-state index is -0.318. The van der Waals surface area contributed by atoms with Crippen LogP contribution in [0.1, 0.15) is 9.67 Å². The summed E-state index contributed by atoms with van der Waals surface area (Å²) >= 11 is 1.37. The molecule has 0 radical (unpaired) electrons. The number of methoxy groups -OCH3 is 1. The lowest BCUT2D eigenvalue weighted by Gasteiger charge is -2.03. The van der Waals surface area contributed by atoms with E-state index in [0.717, 1.165) is 21.3 Å². The molecule has 0 amide bonds. The Morgan fingerprint density at radius 3 is 2.68 bits per heavy atom. The van der Waals surface area contributed by atoms with Crippen molar-refractivity contribution >= 4 is 27.5 Å². The quantitative estimate of drug-likeness (QED) is 0.665. The van der Waals surface area contributed by atoms with Crippen LogP contribution in [0.2, 0.25) is 0 Å². The second-order valence-corrected chi connectivity index (χ2v) is 5.02. The van der Waals surface area contributed by atoms with Gasteiger partial charge >= 0.3 is 5.97 Å². The lowest BCUT2D eigenvalue weighted by atomic mass is 10.0. The van der Waals surface area contributed by atoms with Crippen LogP contribution < -0.4 is 0 Å². The van der Waals surface area contributed by atoms with Crippen LogP contribution in [0.15, 0.2) is 48.7 Å². The van der Waals surface area contributed by atoms with Crippen molar-refractivity contribution < 1.29 is 9.53 Å². The van der Waals surface area contributed by atoms with Crippen molar-refractivity contribution in [1.82, 2.24) is 4.98 Å². The molecule has 0 aliphatic rings. The van der Waals surface area contributed by atoms with Gasteiger partial charge in [-0.2, -0.15) is 0 Å². The van der Waals surface area contributed by atoms with E-state index in [1.54, 1.807) is 6.20 Å². The number of rotatable bonds is 2. The zero-order chi connectivity index (χ0) is 13.2. The number of aromatic nitrogens is 1. The molecule has 0 atom stereocenters. The SMILES string of the molecule is COC(=O)c1sc2ncccc2c1-c1ccccc1. The van der Waals surface area contributed by atoms with Crippen LogP contribution in [-0.4, -0.2) is 18.1 Å². The predicted octanol–water partition coefficient (Wildman–Crippen LogP) is 3.75. The second kappa shape index (κ2) is 4.82. The van der Waals surface area contributed by atoms with E-state index >= 15 is 0 Å². The third-order valence-electron chi connectivity index (χ3n) is 2.90. The average molecular weight is 269 g/mol. The van der Waals surface area contributed by atoms with Gasteiger partial charge in [0, 0.05) is 17.1 Å². The van der Waals surface area contributed by atoms with Crippen LogP contribution in [0, 0.1) is 0 Å². The molecule has 2 aromatic heterocycles. The lowest BCUT2D eigenvalue weighted by Crippen LogP contribution is -1.99. The Bertz CT molecular complexity index is 734. The summed E-state index contributed by atoms with van der Waals surface area (Å²) in [5.74, 6) is -0.318. The first kappa shape index (κ1) is 11.9. The van der Waals surface area contributed by atoms with E-state index in [0.29, 0.717) is 4.88 Å². The monoisotopic (exact) mass is 269 g/mol. The van der Waals surface area contributed by atoms with Gasteiger partial charge in [0.2, 0.25) is 0 Å². The molecule has 0 spiro atoms. The third kappa shape index (κ3) is 2.00. The molecule has 1 aromatic carbocycles. The normalized spacial score (nSPS) is 10.6. The summed E-state index contributed by atoms with van der Waals surface area (Å²) in [7, 11) is 1.40. The van der Waals surface area contributed by atoms with Crippen molar-refractivity contribution in [1.29, 1.82) is 0 Å². The maximum atomic E-state index is 11.9. The van der Waals surface area contributed by atoms with Gasteiger partial charge in [0.05, 0.1) is 7.11 Å². The molecule has 4 heteroatoms. The van der Waals surface area contributed by atoms with Crippen LogP contribution in [0.5, 0.6) is 0 Å². The van der Waals surface area contributed by atoms with E-state index in [1.807, 2.05) is 42.5 Å². The zero-order valence-corrected chi connectivity index (χ0v) is 11.1. The number of thiophene rings is 1. The average Bonchev–Trinajstić information content (AvgIpc) is 2.86. The van der Waals surface area contributed by atoms with Gasteiger partial charge < -0.3 is 4.74 Å². The lowest BCUT2D eigenvalue weighted by molar-refractivity contribution is 0.0607. The van der Waals surface area contributed by atoms with Crippen molar-refractivity contribution in [2.45, 2.75) is 0 Å². The Morgan fingerprint density at radius 1 is 1.16 bits per heavy atom. The molecular weight excluding hydrogens is 258 g/mol. The number of hydrogen-bond acceptors (Lipinski definition) is 4. The number of nitrogens with zero attached hydrogens (tertiary/aromatic N) is 1. The standard InChI is InChI=1S/C15H11NO2S/c1-18-15(17)13-12(10-6-3-2-4-7-10)11-8-5-9-16-14(11)19-13/h2-9H,1H3. The number of benzene rings is 1. The Hall–Kier alpha value is -2.20. The number of esters is 1. The van der Waals surface area contributed by atoms with Crippen LogP contribution >= 0.6 is 11.3 Å². The summed E-state index contributed by atoms with van der Waals surface area (Å²) in [5.41, 5.74) is 1.91. The second-order valence-electron chi connectivity index (χ2n) is 4.02. The molecule has 19 heavy (non-hydrogen) atoms. The molecule has 2 heterocycles. The largest absolute Gasteiger partial charge is 0.465 e. The van der Waals surface area contributed by atoms with Gasteiger partial charge in [-0.25, -0.2) is 9.78 Å². The molecule has 0 saturated carbocycles. The molecule has 0 aliphatic carbocycles. The summed E-state index contributed by atoms with van der Waals surface area (Å²) in [6.07, 6.45) is 1.73. The van der Waals surface area contributed by atoms with Crippen LogP contribution in [-0.2, 0) is 4.74 Å². The van der Waals surface area contributed by atoms with Gasteiger partial charge in [0.15, 0.2) is 0 Å². The van der Waals surface area contributed by atoms with Crippen LogP contribution in [0.25, 0.3) is 21.3 Å². The Morgan fingerprint density at radius 2 is 1.95 bits per heavy atom. The van der Waals surface area contributed by atoms with Gasteiger partial charge in [-0.1, -0.05) is 30.3 Å². The Balaban J connectivity index is 2.34. The fraction of sp³-hybridized carbons (Fsp3) is 0.0667. The topological polar surface area (TPSA) is 39.2 Å². The highest BCUT2D eigenvalue weighted by Gasteiger charge is 2.20. The summed E-state index contributed by atoms with van der Waals surface area (Å²) in [6.45, 7) is 0. The molecular formula is C15H11NO2S. The van der Waals surface area contributed by atoms with Gasteiger partial charge in [-0.3, -0.25) is 0 Å². The van der Waals surface area contributed by atoms with Crippen molar-refractivity contribution in [2.75, 3.05) is 7.11 Å². The molecule has 0 fully saturated rings. The van der Waals surface area contributed by atoms with Crippen molar-refractivity contribution in [3.63, 3.8) is 0 Å². The number of carbonyl (C=O) groups excluding carboxylic acids is 1. The molecule has 3 aromatic rings. The van der Waals surface area contributed by atoms with Gasteiger partial charge in [-0.05, 0) is 17.7 Å². The van der Waals surface area contributed by atoms with E-state index < -0.39 is 0 Å². The highest BCUT2D eigenvalue weighted by molar-refractivity contribution is 7.21. The predicted molar refractivity (Wildman–Crippen MR) is 76.4 cm³/mol. The molecule has 0 unspecified atom stereocenters. The highest BCUT2D eigenvalue weighted by Crippen LogP contribution is 2.37. The Labute approximate surface area is 114 Å². The van der Waals surface area contributed by atoms with Crippen molar-refractivity contribution in [3.8, 4) is 11.1 Å². The molecule has 0 N–H and O–H groups in total. The van der Waals surface area contributed by atoms with Crippen molar-refractivity contribution in [3.05, 3.63) is 53.5 Å². The third-order valence-corrected chi connectivity index (χ3v) is 3.99. The van der Waals surface area contributed by atoms with Crippen molar-refractivity contribution in [2.24, 2.45) is 0 Å². The summed E-state index contributed by atoms with van der Waals surface area (Å²) in [6, 6.07) is 13.7. The fourth-order valence-corrected chi connectivity index (χ4v) is 3.14. The first-order valence-corrected chi connectivity index (χ1v) is 6.64. The summed E-state index contributed by atoms with van der Waals surface area (Å²) < 4.78 is 4.87. The molecule has 0 bridgehead atoms. The van der Waals surface area contributed by atoms with E-state index in [9.17, 15) is 4.79 Å². The first-order chi connectivity index (χ1) is 9.31. The molecule has 3 nitrogen and oxygen atoms in total. The minimum Gasteiger partial charge on any atom is -0.465 e. The molecule has 94 valence electrons. The first-order valence-electron chi connectivity index (χ1n) is 5.82. The molecule has 0 aliphatic heterocycles. The minimum absolute atomic E-state index is 0.318. The van der Waals surface area contributed by atoms with Crippen LogP contribution in [0.3, 0.4) is 0 Å². The number of carbonyl (C=O) groups is 1. The number of fused-ring (bicyclic) bond motifs is 1. The summed E-state index contributed by atoms with van der Waals surface area (Å²) in [4.78, 5) is 17.7. The molecule has 3 rings (SSSR count). The zero-order valence-electron chi connectivity index (χ0n) is 10.3. The smallest absolute Gasteiger partial charge is 0.348 e. The number of ether oxygens (including phenoxy) is 1. The van der Waals surface area contributed by atoms with E-state index in [1.165, 1.54) is 18.4 Å². The number of pyridine rings is 1. The Kier molecular flexibility index (Phi) is 3.01. The van der Waals surface area contributed by atoms with E-state index in [2.05, 4.69) is 4.98 Å². The maximum Gasteiger partial charge on any atom is 0.348 e.